The summed E-state index contributed by atoms with van der Waals surface area (Å²) in [6.45, 7) is 0. The minimum atomic E-state index is -4.49. The SMILES string of the molecule is NC(=O)C(c1cccc(C(F)(F)F)c1)c1csc(N)n1. The van der Waals surface area contributed by atoms with Crippen LogP contribution in [0.4, 0.5) is 18.3 Å². The minimum absolute atomic E-state index is 0.137. The van der Waals surface area contributed by atoms with Crippen molar-refractivity contribution in [1.82, 2.24) is 4.98 Å². The third-order valence-electron chi connectivity index (χ3n) is 2.67. The summed E-state index contributed by atoms with van der Waals surface area (Å²) >= 11 is 1.09. The first-order valence-electron chi connectivity index (χ1n) is 5.46. The first-order chi connectivity index (χ1) is 9.29. The van der Waals surface area contributed by atoms with Crippen LogP contribution < -0.4 is 11.5 Å². The fraction of sp³-hybridized carbons (Fsp3) is 0.167. The zero-order valence-corrected chi connectivity index (χ0v) is 10.8. The van der Waals surface area contributed by atoms with Gasteiger partial charge >= 0.3 is 6.18 Å². The van der Waals surface area contributed by atoms with Crippen LogP contribution in [0, 0.1) is 0 Å². The molecule has 1 unspecified atom stereocenters. The molecule has 0 saturated heterocycles. The van der Waals surface area contributed by atoms with Gasteiger partial charge in [-0.15, -0.1) is 11.3 Å². The standard InChI is InChI=1S/C12H10F3N3OS/c13-12(14,15)7-3-1-2-6(4-7)9(10(16)19)8-5-20-11(17)18-8/h1-5,9H,(H2,16,19)(H2,17,18). The van der Waals surface area contributed by atoms with Crippen molar-refractivity contribution in [3.8, 4) is 0 Å². The Balaban J connectivity index is 2.48. The third kappa shape index (κ3) is 2.90. The highest BCUT2D eigenvalue weighted by Gasteiger charge is 2.32. The number of primary amides is 1. The summed E-state index contributed by atoms with van der Waals surface area (Å²) in [4.78, 5) is 15.5. The molecule has 1 heterocycles. The fourth-order valence-corrected chi connectivity index (χ4v) is 2.40. The van der Waals surface area contributed by atoms with Crippen molar-refractivity contribution in [2.24, 2.45) is 5.73 Å². The average molecular weight is 301 g/mol. The van der Waals surface area contributed by atoms with Gasteiger partial charge in [-0.2, -0.15) is 13.2 Å². The number of nitrogens with zero attached hydrogens (tertiary/aromatic N) is 1. The maximum Gasteiger partial charge on any atom is 0.416 e. The number of amides is 1. The van der Waals surface area contributed by atoms with Crippen LogP contribution >= 0.6 is 11.3 Å². The molecule has 4 nitrogen and oxygen atoms in total. The van der Waals surface area contributed by atoms with Gasteiger partial charge in [0, 0.05) is 5.38 Å². The van der Waals surface area contributed by atoms with E-state index in [0.29, 0.717) is 0 Å². The molecule has 1 atom stereocenters. The molecule has 0 fully saturated rings. The number of nitrogen functional groups attached to an aromatic ring is 1. The first kappa shape index (κ1) is 14.3. The lowest BCUT2D eigenvalue weighted by Gasteiger charge is -2.14. The Bertz CT molecular complexity index is 639. The normalized spacial score (nSPS) is 13.2. The molecule has 2 rings (SSSR count). The fourth-order valence-electron chi connectivity index (χ4n) is 1.81. The topological polar surface area (TPSA) is 82.0 Å². The van der Waals surface area contributed by atoms with Gasteiger partial charge in [0.25, 0.3) is 0 Å². The lowest BCUT2D eigenvalue weighted by molar-refractivity contribution is -0.137. The number of aromatic nitrogens is 1. The number of thiazole rings is 1. The lowest BCUT2D eigenvalue weighted by atomic mass is 9.94. The summed E-state index contributed by atoms with van der Waals surface area (Å²) in [7, 11) is 0. The monoisotopic (exact) mass is 301 g/mol. The summed E-state index contributed by atoms with van der Waals surface area (Å²) < 4.78 is 38.1. The molecule has 20 heavy (non-hydrogen) atoms. The number of hydrogen-bond donors (Lipinski definition) is 2. The van der Waals surface area contributed by atoms with Gasteiger partial charge in [-0.1, -0.05) is 18.2 Å². The van der Waals surface area contributed by atoms with Gasteiger partial charge < -0.3 is 11.5 Å². The molecule has 2 aromatic rings. The molecule has 1 aromatic heterocycles. The van der Waals surface area contributed by atoms with Crippen molar-refractivity contribution in [2.75, 3.05) is 5.73 Å². The maximum absolute atomic E-state index is 12.7. The smallest absolute Gasteiger partial charge is 0.375 e. The first-order valence-corrected chi connectivity index (χ1v) is 6.34. The highest BCUT2D eigenvalue weighted by molar-refractivity contribution is 7.13. The summed E-state index contributed by atoms with van der Waals surface area (Å²) in [6.07, 6.45) is -4.49. The quantitative estimate of drug-likeness (QED) is 0.913. The van der Waals surface area contributed by atoms with E-state index in [9.17, 15) is 18.0 Å². The average Bonchev–Trinajstić information content (AvgIpc) is 2.74. The summed E-state index contributed by atoms with van der Waals surface area (Å²) in [5.41, 5.74) is 10.3. The molecule has 106 valence electrons. The molecule has 1 amide bonds. The molecule has 0 aliphatic heterocycles. The Hall–Kier alpha value is -2.09. The predicted molar refractivity (Wildman–Crippen MR) is 69.0 cm³/mol. The molecule has 4 N–H and O–H groups in total. The van der Waals surface area contributed by atoms with Crippen LogP contribution in [0.1, 0.15) is 22.7 Å². The van der Waals surface area contributed by atoms with Crippen LogP contribution in [0.15, 0.2) is 29.6 Å². The van der Waals surface area contributed by atoms with Crippen molar-refractivity contribution in [2.45, 2.75) is 12.1 Å². The van der Waals surface area contributed by atoms with E-state index < -0.39 is 23.6 Å². The Kier molecular flexibility index (Phi) is 3.67. The molecule has 1 aromatic carbocycles. The van der Waals surface area contributed by atoms with Crippen molar-refractivity contribution in [3.63, 3.8) is 0 Å². The molecule has 0 saturated carbocycles. The van der Waals surface area contributed by atoms with Gasteiger partial charge in [0.05, 0.1) is 11.3 Å². The molecule has 0 radical (unpaired) electrons. The Morgan fingerprint density at radius 3 is 2.55 bits per heavy atom. The van der Waals surface area contributed by atoms with E-state index >= 15 is 0 Å². The Morgan fingerprint density at radius 2 is 2.05 bits per heavy atom. The van der Waals surface area contributed by atoms with Gasteiger partial charge in [-0.3, -0.25) is 4.79 Å². The lowest BCUT2D eigenvalue weighted by Crippen LogP contribution is -2.23. The van der Waals surface area contributed by atoms with Gasteiger partial charge in [0.2, 0.25) is 5.91 Å². The zero-order valence-electron chi connectivity index (χ0n) is 10.0. The van der Waals surface area contributed by atoms with E-state index in [-0.39, 0.29) is 16.4 Å². The number of alkyl halides is 3. The molecule has 0 aliphatic rings. The number of anilines is 1. The van der Waals surface area contributed by atoms with E-state index in [1.165, 1.54) is 17.5 Å². The van der Waals surface area contributed by atoms with E-state index in [1.54, 1.807) is 0 Å². The van der Waals surface area contributed by atoms with Gasteiger partial charge in [-0.05, 0) is 11.6 Å². The van der Waals surface area contributed by atoms with Crippen LogP contribution in [0.3, 0.4) is 0 Å². The van der Waals surface area contributed by atoms with E-state index in [4.69, 9.17) is 11.5 Å². The molecular formula is C12H10F3N3OS. The van der Waals surface area contributed by atoms with E-state index in [2.05, 4.69) is 4.98 Å². The molecular weight excluding hydrogens is 291 g/mol. The second-order valence-electron chi connectivity index (χ2n) is 4.07. The van der Waals surface area contributed by atoms with Crippen molar-refractivity contribution < 1.29 is 18.0 Å². The number of rotatable bonds is 3. The van der Waals surface area contributed by atoms with Gasteiger partial charge in [0.1, 0.15) is 5.92 Å². The van der Waals surface area contributed by atoms with E-state index in [0.717, 1.165) is 23.5 Å². The Morgan fingerprint density at radius 1 is 1.35 bits per heavy atom. The number of halogens is 3. The second kappa shape index (κ2) is 5.12. The van der Waals surface area contributed by atoms with Crippen molar-refractivity contribution in [3.05, 3.63) is 46.5 Å². The zero-order chi connectivity index (χ0) is 14.9. The maximum atomic E-state index is 12.7. The second-order valence-corrected chi connectivity index (χ2v) is 4.96. The predicted octanol–water partition coefficient (Wildman–Crippen LogP) is 2.36. The number of benzene rings is 1. The minimum Gasteiger partial charge on any atom is -0.375 e. The van der Waals surface area contributed by atoms with Crippen molar-refractivity contribution in [1.29, 1.82) is 0 Å². The van der Waals surface area contributed by atoms with Crippen LogP contribution in [0.25, 0.3) is 0 Å². The number of carbonyl (C=O) groups is 1. The molecule has 0 bridgehead atoms. The summed E-state index contributed by atoms with van der Waals surface area (Å²) in [6, 6.07) is 4.45. The van der Waals surface area contributed by atoms with Crippen LogP contribution in [-0.4, -0.2) is 10.9 Å². The number of hydrogen-bond acceptors (Lipinski definition) is 4. The Labute approximate surface area is 116 Å². The number of carbonyl (C=O) groups excluding carboxylic acids is 1. The highest BCUT2D eigenvalue weighted by Crippen LogP contribution is 2.33. The van der Waals surface area contributed by atoms with E-state index in [1.807, 2.05) is 0 Å². The molecule has 8 heteroatoms. The van der Waals surface area contributed by atoms with Crippen LogP contribution in [0.2, 0.25) is 0 Å². The largest absolute Gasteiger partial charge is 0.416 e. The number of nitrogens with two attached hydrogens (primary N) is 2. The highest BCUT2D eigenvalue weighted by atomic mass is 32.1. The molecule has 0 aliphatic carbocycles. The summed E-state index contributed by atoms with van der Waals surface area (Å²) in [5.74, 6) is -1.83. The van der Waals surface area contributed by atoms with Crippen LogP contribution in [0.5, 0.6) is 0 Å². The van der Waals surface area contributed by atoms with Gasteiger partial charge in [-0.25, -0.2) is 4.98 Å². The third-order valence-corrected chi connectivity index (χ3v) is 3.36. The summed E-state index contributed by atoms with van der Waals surface area (Å²) in [5, 5.41) is 1.73. The van der Waals surface area contributed by atoms with Crippen LogP contribution in [-0.2, 0) is 11.0 Å². The molecule has 0 spiro atoms. The van der Waals surface area contributed by atoms with Crippen molar-refractivity contribution >= 4 is 22.4 Å². The van der Waals surface area contributed by atoms with Gasteiger partial charge in [0.15, 0.2) is 5.13 Å².